The predicted molar refractivity (Wildman–Crippen MR) is 70.7 cm³/mol. The van der Waals surface area contributed by atoms with E-state index >= 15 is 0 Å². The van der Waals surface area contributed by atoms with Crippen LogP contribution in [-0.4, -0.2) is 27.9 Å². The van der Waals surface area contributed by atoms with Gasteiger partial charge in [0, 0.05) is 29.4 Å². The molecule has 1 aliphatic heterocycles. The first-order chi connectivity index (χ1) is 8.49. The molecule has 18 heavy (non-hydrogen) atoms. The molecule has 0 spiro atoms. The van der Waals surface area contributed by atoms with E-state index in [1.165, 1.54) is 12.5 Å². The molecule has 1 amide bonds. The molecule has 2 atom stereocenters. The number of hydrogen-bond donors (Lipinski definition) is 1. The Labute approximate surface area is 107 Å². The highest BCUT2D eigenvalue weighted by molar-refractivity contribution is 5.94. The van der Waals surface area contributed by atoms with Crippen molar-refractivity contribution in [1.82, 2.24) is 9.88 Å². The number of H-pyrrole nitrogens is 1. The van der Waals surface area contributed by atoms with Crippen LogP contribution in [0.5, 0.6) is 0 Å². The molecule has 4 heteroatoms. The maximum absolute atomic E-state index is 12.5. The Morgan fingerprint density at radius 1 is 1.28 bits per heavy atom. The molecule has 4 nitrogen and oxygen atoms in total. The van der Waals surface area contributed by atoms with E-state index in [0.717, 1.165) is 18.5 Å². The number of hydrogen-bond acceptors (Lipinski definition) is 2. The highest BCUT2D eigenvalue weighted by atomic mass is 16.2. The van der Waals surface area contributed by atoms with Crippen molar-refractivity contribution in [3.63, 3.8) is 0 Å². The third-order valence-corrected chi connectivity index (χ3v) is 3.65. The highest BCUT2D eigenvalue weighted by Gasteiger charge is 2.29. The Kier molecular flexibility index (Phi) is 3.55. The minimum Gasteiger partial charge on any atom is -0.333 e. The highest BCUT2D eigenvalue weighted by Crippen LogP contribution is 2.24. The number of carbonyl (C=O) groups is 1. The fourth-order valence-electron chi connectivity index (χ4n) is 2.78. The summed E-state index contributed by atoms with van der Waals surface area (Å²) in [5, 5.41) is 0. The van der Waals surface area contributed by atoms with Gasteiger partial charge in [0.05, 0.1) is 0 Å². The summed E-state index contributed by atoms with van der Waals surface area (Å²) in [5.74, 6) is -0.0242. The van der Waals surface area contributed by atoms with Crippen LogP contribution in [0.4, 0.5) is 0 Å². The molecule has 0 saturated carbocycles. The summed E-state index contributed by atoms with van der Waals surface area (Å²) in [7, 11) is 0. The van der Waals surface area contributed by atoms with Crippen LogP contribution in [0, 0.1) is 6.92 Å². The van der Waals surface area contributed by atoms with Crippen molar-refractivity contribution in [3.05, 3.63) is 33.7 Å². The van der Waals surface area contributed by atoms with E-state index in [0.29, 0.717) is 5.56 Å². The molecule has 0 aromatic carbocycles. The van der Waals surface area contributed by atoms with Crippen molar-refractivity contribution >= 4 is 5.91 Å². The van der Waals surface area contributed by atoms with Gasteiger partial charge in [0.15, 0.2) is 0 Å². The molecule has 1 N–H and O–H groups in total. The standard InChI is InChI=1S/C14H20N2O2/c1-9-7-12(8-13(17)15-9)14(18)16-10(2)5-4-6-11(16)3/h7-8,10-11H,4-6H2,1-3H3,(H,15,17). The van der Waals surface area contributed by atoms with Gasteiger partial charge in [-0.05, 0) is 46.1 Å². The maximum Gasteiger partial charge on any atom is 0.254 e. The molecule has 1 aromatic heterocycles. The van der Waals surface area contributed by atoms with Crippen LogP contribution >= 0.6 is 0 Å². The van der Waals surface area contributed by atoms with Gasteiger partial charge in [-0.25, -0.2) is 0 Å². The van der Waals surface area contributed by atoms with Gasteiger partial charge >= 0.3 is 0 Å². The molecule has 2 heterocycles. The monoisotopic (exact) mass is 248 g/mol. The third kappa shape index (κ3) is 2.47. The van der Waals surface area contributed by atoms with E-state index in [9.17, 15) is 9.59 Å². The van der Waals surface area contributed by atoms with E-state index in [2.05, 4.69) is 18.8 Å². The molecule has 2 unspecified atom stereocenters. The molecular weight excluding hydrogens is 228 g/mol. The number of nitrogens with zero attached hydrogens (tertiary/aromatic N) is 1. The molecule has 1 fully saturated rings. The van der Waals surface area contributed by atoms with Crippen LogP contribution in [0.25, 0.3) is 0 Å². The summed E-state index contributed by atoms with van der Waals surface area (Å²) in [6.07, 6.45) is 3.25. The lowest BCUT2D eigenvalue weighted by Crippen LogP contribution is -2.47. The van der Waals surface area contributed by atoms with Crippen molar-refractivity contribution < 1.29 is 4.79 Å². The van der Waals surface area contributed by atoms with Crippen LogP contribution in [0.2, 0.25) is 0 Å². The largest absolute Gasteiger partial charge is 0.333 e. The second-order valence-electron chi connectivity index (χ2n) is 5.26. The van der Waals surface area contributed by atoms with Gasteiger partial charge in [0.1, 0.15) is 0 Å². The molecule has 0 aliphatic carbocycles. The Balaban J connectivity index is 2.32. The zero-order valence-electron chi connectivity index (χ0n) is 11.2. The van der Waals surface area contributed by atoms with E-state index < -0.39 is 0 Å². The number of aromatic amines is 1. The van der Waals surface area contributed by atoms with Crippen LogP contribution < -0.4 is 5.56 Å². The topological polar surface area (TPSA) is 53.2 Å². The zero-order chi connectivity index (χ0) is 13.3. The van der Waals surface area contributed by atoms with Crippen molar-refractivity contribution in [2.45, 2.75) is 52.1 Å². The summed E-state index contributed by atoms with van der Waals surface area (Å²) in [5.41, 5.74) is 1.01. The fraction of sp³-hybridized carbons (Fsp3) is 0.571. The number of nitrogens with one attached hydrogen (secondary N) is 1. The summed E-state index contributed by atoms with van der Waals surface area (Å²) in [4.78, 5) is 28.5. The quantitative estimate of drug-likeness (QED) is 0.827. The van der Waals surface area contributed by atoms with Crippen LogP contribution in [0.3, 0.4) is 0 Å². The number of carbonyl (C=O) groups excluding carboxylic acids is 1. The third-order valence-electron chi connectivity index (χ3n) is 3.65. The number of rotatable bonds is 1. The van der Waals surface area contributed by atoms with E-state index in [4.69, 9.17) is 0 Å². The number of amides is 1. The van der Waals surface area contributed by atoms with Crippen LogP contribution in [0.1, 0.15) is 49.2 Å². The molecule has 0 bridgehead atoms. The van der Waals surface area contributed by atoms with E-state index in [-0.39, 0.29) is 23.6 Å². The zero-order valence-corrected chi connectivity index (χ0v) is 11.2. The van der Waals surface area contributed by atoms with Gasteiger partial charge in [-0.3, -0.25) is 9.59 Å². The first-order valence-electron chi connectivity index (χ1n) is 6.52. The lowest BCUT2D eigenvalue weighted by Gasteiger charge is -2.39. The second-order valence-corrected chi connectivity index (χ2v) is 5.26. The predicted octanol–water partition coefficient (Wildman–Crippen LogP) is 2.09. The molecule has 2 rings (SSSR count). The summed E-state index contributed by atoms with van der Waals surface area (Å²) < 4.78 is 0. The molecule has 0 radical (unpaired) electrons. The number of pyridine rings is 1. The summed E-state index contributed by atoms with van der Waals surface area (Å²) in [6.45, 7) is 5.95. The van der Waals surface area contributed by atoms with E-state index in [1.807, 2.05) is 4.90 Å². The van der Waals surface area contributed by atoms with Gasteiger partial charge in [0.2, 0.25) is 5.56 Å². The summed E-state index contributed by atoms with van der Waals surface area (Å²) in [6, 6.07) is 3.64. The number of likely N-dealkylation sites (tertiary alicyclic amines) is 1. The average Bonchev–Trinajstić information content (AvgIpc) is 2.27. The first-order valence-corrected chi connectivity index (χ1v) is 6.52. The average molecular weight is 248 g/mol. The van der Waals surface area contributed by atoms with Crippen molar-refractivity contribution in [2.75, 3.05) is 0 Å². The molecule has 1 aliphatic rings. The minimum atomic E-state index is -0.212. The van der Waals surface area contributed by atoms with Crippen LogP contribution in [-0.2, 0) is 0 Å². The van der Waals surface area contributed by atoms with Gasteiger partial charge in [-0.15, -0.1) is 0 Å². The Bertz CT molecular complexity index is 497. The fourth-order valence-corrected chi connectivity index (χ4v) is 2.78. The molecule has 1 saturated heterocycles. The normalized spacial score (nSPS) is 24.1. The number of piperidine rings is 1. The molecule has 1 aromatic rings. The van der Waals surface area contributed by atoms with Gasteiger partial charge in [-0.1, -0.05) is 0 Å². The van der Waals surface area contributed by atoms with Crippen molar-refractivity contribution in [1.29, 1.82) is 0 Å². The Hall–Kier alpha value is -1.58. The number of aryl methyl sites for hydroxylation is 1. The van der Waals surface area contributed by atoms with Crippen molar-refractivity contribution in [3.8, 4) is 0 Å². The maximum atomic E-state index is 12.5. The number of aromatic nitrogens is 1. The Morgan fingerprint density at radius 2 is 1.89 bits per heavy atom. The molecular formula is C14H20N2O2. The van der Waals surface area contributed by atoms with Gasteiger partial charge < -0.3 is 9.88 Å². The molecule has 98 valence electrons. The Morgan fingerprint density at radius 3 is 2.44 bits per heavy atom. The smallest absolute Gasteiger partial charge is 0.254 e. The van der Waals surface area contributed by atoms with Gasteiger partial charge in [-0.2, -0.15) is 0 Å². The first kappa shape index (κ1) is 12.9. The lowest BCUT2D eigenvalue weighted by atomic mass is 9.96. The minimum absolute atomic E-state index is 0.0242. The van der Waals surface area contributed by atoms with Crippen molar-refractivity contribution in [2.24, 2.45) is 0 Å². The van der Waals surface area contributed by atoms with Crippen LogP contribution in [0.15, 0.2) is 16.9 Å². The second kappa shape index (κ2) is 4.96. The summed E-state index contributed by atoms with van der Waals surface area (Å²) >= 11 is 0. The van der Waals surface area contributed by atoms with E-state index in [1.54, 1.807) is 13.0 Å². The SMILES string of the molecule is Cc1cc(C(=O)N2C(C)CCCC2C)cc(=O)[nH]1. The van der Waals surface area contributed by atoms with Gasteiger partial charge in [0.25, 0.3) is 5.91 Å². The lowest BCUT2D eigenvalue weighted by molar-refractivity contribution is 0.0510.